The summed E-state index contributed by atoms with van der Waals surface area (Å²) in [6.07, 6.45) is 1.01. The highest BCUT2D eigenvalue weighted by molar-refractivity contribution is 9.10. The Labute approximate surface area is 118 Å². The predicted molar refractivity (Wildman–Crippen MR) is 71.6 cm³/mol. The summed E-state index contributed by atoms with van der Waals surface area (Å²) < 4.78 is 0.684. The third-order valence-electron chi connectivity index (χ3n) is 3.63. The van der Waals surface area contributed by atoms with Gasteiger partial charge in [-0.05, 0) is 47.3 Å². The molecular formula is C13H11BrN2O3. The third kappa shape index (κ3) is 1.63. The largest absolute Gasteiger partial charge is 0.335 e. The smallest absolute Gasteiger partial charge is 0.276 e. The lowest BCUT2D eigenvalue weighted by Gasteiger charge is -2.31. The fourth-order valence-electron chi connectivity index (χ4n) is 2.27. The first kappa shape index (κ1) is 12.3. The molecule has 2 fully saturated rings. The van der Waals surface area contributed by atoms with Crippen molar-refractivity contribution in [1.82, 2.24) is 5.32 Å². The molecule has 2 aliphatic rings. The number of aryl methyl sites for hydroxylation is 1. The Morgan fingerprint density at radius 3 is 2.58 bits per heavy atom. The molecule has 1 aliphatic carbocycles. The van der Waals surface area contributed by atoms with Crippen LogP contribution in [0.25, 0.3) is 0 Å². The summed E-state index contributed by atoms with van der Waals surface area (Å²) in [6, 6.07) is 4.64. The summed E-state index contributed by atoms with van der Waals surface area (Å²) in [7, 11) is 0. The number of halogens is 1. The van der Waals surface area contributed by atoms with Gasteiger partial charge >= 0.3 is 6.03 Å². The lowest BCUT2D eigenvalue weighted by molar-refractivity contribution is -0.136. The number of hydrogen-bond donors (Lipinski definition) is 1. The van der Waals surface area contributed by atoms with Gasteiger partial charge in [0.25, 0.3) is 5.91 Å². The first-order valence-electron chi connectivity index (χ1n) is 5.92. The van der Waals surface area contributed by atoms with E-state index in [1.165, 1.54) is 0 Å². The van der Waals surface area contributed by atoms with Crippen LogP contribution in [0.15, 0.2) is 22.7 Å². The zero-order valence-electron chi connectivity index (χ0n) is 10.2. The van der Waals surface area contributed by atoms with Crippen molar-refractivity contribution in [2.45, 2.75) is 19.8 Å². The van der Waals surface area contributed by atoms with Gasteiger partial charge in [-0.1, -0.05) is 12.1 Å². The van der Waals surface area contributed by atoms with E-state index in [4.69, 9.17) is 0 Å². The highest BCUT2D eigenvalue weighted by atomic mass is 79.9. The van der Waals surface area contributed by atoms with Crippen LogP contribution < -0.4 is 10.2 Å². The third-order valence-corrected chi connectivity index (χ3v) is 4.66. The number of urea groups is 1. The normalized spacial score (nSPS) is 20.7. The van der Waals surface area contributed by atoms with Gasteiger partial charge in [0, 0.05) is 4.47 Å². The second-order valence-electron chi connectivity index (χ2n) is 4.89. The Hall–Kier alpha value is -1.69. The molecule has 5 nitrogen and oxygen atoms in total. The Morgan fingerprint density at radius 2 is 1.95 bits per heavy atom. The fraction of sp³-hybridized carbons (Fsp3) is 0.308. The summed E-state index contributed by atoms with van der Waals surface area (Å²) in [5.74, 6) is -0.893. The van der Waals surface area contributed by atoms with Crippen molar-refractivity contribution in [3.8, 4) is 0 Å². The first-order chi connectivity index (χ1) is 8.97. The number of rotatable bonds is 1. The lowest BCUT2D eigenvalue weighted by Crippen LogP contribution is -2.59. The van der Waals surface area contributed by atoms with Crippen molar-refractivity contribution >= 4 is 39.5 Å². The maximum absolute atomic E-state index is 12.4. The van der Waals surface area contributed by atoms with Crippen LogP contribution in [0.3, 0.4) is 0 Å². The van der Waals surface area contributed by atoms with E-state index in [1.54, 1.807) is 12.1 Å². The van der Waals surface area contributed by atoms with Crippen molar-refractivity contribution in [1.29, 1.82) is 0 Å². The number of barbiturate groups is 1. The minimum atomic E-state index is -1.02. The van der Waals surface area contributed by atoms with Gasteiger partial charge in [0.1, 0.15) is 5.41 Å². The monoisotopic (exact) mass is 322 g/mol. The standard InChI is InChI=1S/C13H11BrN2O3/c1-7-3-2-4-8(9(7)14)16-11(18)13(5-6-13)10(17)15-12(16)19/h2-4H,5-6H2,1H3,(H,15,17,19). The number of imide groups is 2. The van der Waals surface area contributed by atoms with Crippen LogP contribution in [0.1, 0.15) is 18.4 Å². The molecule has 0 bridgehead atoms. The second kappa shape index (κ2) is 3.90. The molecule has 0 aromatic heterocycles. The summed E-state index contributed by atoms with van der Waals surface area (Å²) in [5, 5.41) is 2.26. The number of nitrogens with one attached hydrogen (secondary N) is 1. The van der Waals surface area contributed by atoms with E-state index >= 15 is 0 Å². The van der Waals surface area contributed by atoms with Gasteiger partial charge in [0.05, 0.1) is 5.69 Å². The Balaban J connectivity index is 2.09. The Morgan fingerprint density at radius 1 is 1.26 bits per heavy atom. The number of anilines is 1. The number of nitrogens with zero attached hydrogens (tertiary/aromatic N) is 1. The molecule has 1 spiro atoms. The van der Waals surface area contributed by atoms with E-state index in [0.29, 0.717) is 23.0 Å². The topological polar surface area (TPSA) is 66.5 Å². The minimum absolute atomic E-state index is 0.424. The molecule has 98 valence electrons. The van der Waals surface area contributed by atoms with E-state index in [9.17, 15) is 14.4 Å². The molecule has 6 heteroatoms. The molecule has 1 saturated heterocycles. The van der Waals surface area contributed by atoms with Crippen LogP contribution >= 0.6 is 15.9 Å². The molecule has 1 aliphatic heterocycles. The number of hydrogen-bond acceptors (Lipinski definition) is 3. The maximum atomic E-state index is 12.4. The zero-order valence-corrected chi connectivity index (χ0v) is 11.8. The molecule has 0 unspecified atom stereocenters. The summed E-state index contributed by atoms with van der Waals surface area (Å²) in [6.45, 7) is 1.87. The van der Waals surface area contributed by atoms with E-state index in [0.717, 1.165) is 10.5 Å². The van der Waals surface area contributed by atoms with Gasteiger partial charge in [-0.15, -0.1) is 0 Å². The summed E-state index contributed by atoms with van der Waals surface area (Å²) >= 11 is 3.38. The first-order valence-corrected chi connectivity index (χ1v) is 6.72. The summed E-state index contributed by atoms with van der Waals surface area (Å²) in [5.41, 5.74) is 0.373. The van der Waals surface area contributed by atoms with Gasteiger partial charge in [-0.2, -0.15) is 0 Å². The van der Waals surface area contributed by atoms with Crippen LogP contribution in [0.4, 0.5) is 10.5 Å². The van der Waals surface area contributed by atoms with E-state index in [2.05, 4.69) is 21.2 Å². The highest BCUT2D eigenvalue weighted by Crippen LogP contribution is 2.50. The van der Waals surface area contributed by atoms with E-state index < -0.39 is 23.3 Å². The van der Waals surface area contributed by atoms with Gasteiger partial charge in [0.15, 0.2) is 0 Å². The maximum Gasteiger partial charge on any atom is 0.335 e. The molecule has 1 aromatic rings. The quantitative estimate of drug-likeness (QED) is 0.805. The van der Waals surface area contributed by atoms with E-state index in [-0.39, 0.29) is 0 Å². The average Bonchev–Trinajstić information content (AvgIpc) is 3.14. The molecule has 4 amide bonds. The molecule has 0 radical (unpaired) electrons. The fourth-order valence-corrected chi connectivity index (χ4v) is 2.71. The molecule has 19 heavy (non-hydrogen) atoms. The Kier molecular flexibility index (Phi) is 2.53. The molecule has 1 saturated carbocycles. The lowest BCUT2D eigenvalue weighted by atomic mass is 10.0. The second-order valence-corrected chi connectivity index (χ2v) is 5.68. The van der Waals surface area contributed by atoms with Crippen molar-refractivity contribution in [2.24, 2.45) is 5.41 Å². The molecule has 1 heterocycles. The van der Waals surface area contributed by atoms with Crippen LogP contribution in [0.2, 0.25) is 0 Å². The zero-order chi connectivity index (χ0) is 13.8. The summed E-state index contributed by atoms with van der Waals surface area (Å²) in [4.78, 5) is 37.2. The minimum Gasteiger partial charge on any atom is -0.276 e. The van der Waals surface area contributed by atoms with Gasteiger partial charge in [-0.25, -0.2) is 9.69 Å². The number of carbonyl (C=O) groups excluding carboxylic acids is 3. The SMILES string of the molecule is Cc1cccc(N2C(=O)NC(=O)C3(CC3)C2=O)c1Br. The average molecular weight is 323 g/mol. The van der Waals surface area contributed by atoms with Gasteiger partial charge in [-0.3, -0.25) is 14.9 Å². The molecule has 3 rings (SSSR count). The predicted octanol–water partition coefficient (Wildman–Crippen LogP) is 2.12. The van der Waals surface area contributed by atoms with Crippen molar-refractivity contribution in [3.63, 3.8) is 0 Å². The molecule has 0 atom stereocenters. The van der Waals surface area contributed by atoms with Crippen LogP contribution in [0, 0.1) is 12.3 Å². The number of benzene rings is 1. The van der Waals surface area contributed by atoms with Crippen LogP contribution in [-0.4, -0.2) is 17.8 Å². The van der Waals surface area contributed by atoms with Crippen molar-refractivity contribution < 1.29 is 14.4 Å². The van der Waals surface area contributed by atoms with Crippen molar-refractivity contribution in [2.75, 3.05) is 4.90 Å². The van der Waals surface area contributed by atoms with Gasteiger partial charge < -0.3 is 0 Å². The molecule has 1 N–H and O–H groups in total. The molecule has 1 aromatic carbocycles. The highest BCUT2D eigenvalue weighted by Gasteiger charge is 2.62. The number of carbonyl (C=O) groups is 3. The van der Waals surface area contributed by atoms with Gasteiger partial charge in [0.2, 0.25) is 5.91 Å². The van der Waals surface area contributed by atoms with Crippen molar-refractivity contribution in [3.05, 3.63) is 28.2 Å². The van der Waals surface area contributed by atoms with Crippen LogP contribution in [-0.2, 0) is 9.59 Å². The Bertz CT molecular complexity index is 622. The molecular weight excluding hydrogens is 312 g/mol. The number of amides is 4. The van der Waals surface area contributed by atoms with Crippen LogP contribution in [0.5, 0.6) is 0 Å². The van der Waals surface area contributed by atoms with E-state index in [1.807, 2.05) is 13.0 Å².